The Morgan fingerprint density at radius 2 is 1.44 bits per heavy atom. The topological polar surface area (TPSA) is 23.5 Å². The van der Waals surface area contributed by atoms with Gasteiger partial charge in [-0.3, -0.25) is 0 Å². The molecule has 1 N–H and O–H groups in total. The molecule has 0 spiro atoms. The Bertz CT molecular complexity index is 747. The molecule has 0 saturated carbocycles. The third-order valence-corrected chi connectivity index (χ3v) is 7.51. The lowest BCUT2D eigenvalue weighted by molar-refractivity contribution is -0.0990. The molecule has 2 aromatic carbocycles. The molecular formula is C23H30ClNOS. The van der Waals surface area contributed by atoms with Crippen molar-refractivity contribution in [2.24, 2.45) is 5.41 Å². The van der Waals surface area contributed by atoms with Gasteiger partial charge in [0.1, 0.15) is 0 Å². The van der Waals surface area contributed by atoms with Gasteiger partial charge in [-0.2, -0.15) is 0 Å². The Balaban J connectivity index is 0.00000210. The van der Waals surface area contributed by atoms with Crippen LogP contribution in [0.3, 0.4) is 0 Å². The Morgan fingerprint density at radius 3 is 1.93 bits per heavy atom. The number of fused-ring (bicyclic) bond motifs is 2. The lowest BCUT2D eigenvalue weighted by Crippen LogP contribution is -2.52. The molecule has 0 unspecified atom stereocenters. The number of likely N-dealkylation sites (tertiary alicyclic amines) is 1. The van der Waals surface area contributed by atoms with Crippen molar-refractivity contribution in [3.8, 4) is 0 Å². The number of halogens is 1. The van der Waals surface area contributed by atoms with Gasteiger partial charge in [0.15, 0.2) is 0 Å². The molecule has 0 radical (unpaired) electrons. The predicted molar refractivity (Wildman–Crippen MR) is 116 cm³/mol. The minimum atomic E-state index is -0.540. The van der Waals surface area contributed by atoms with Crippen LogP contribution in [0.5, 0.6) is 0 Å². The van der Waals surface area contributed by atoms with Crippen molar-refractivity contribution < 1.29 is 5.11 Å². The lowest BCUT2D eigenvalue weighted by atomic mass is 9.71. The quantitative estimate of drug-likeness (QED) is 0.708. The highest BCUT2D eigenvalue weighted by Crippen LogP contribution is 2.46. The van der Waals surface area contributed by atoms with E-state index < -0.39 is 5.60 Å². The van der Waals surface area contributed by atoms with Gasteiger partial charge in [-0.15, -0.1) is 12.4 Å². The van der Waals surface area contributed by atoms with Gasteiger partial charge in [-0.25, -0.2) is 0 Å². The van der Waals surface area contributed by atoms with Crippen LogP contribution >= 0.6 is 24.2 Å². The molecule has 4 rings (SSSR count). The van der Waals surface area contributed by atoms with E-state index >= 15 is 0 Å². The minimum Gasteiger partial charge on any atom is -0.389 e. The third kappa shape index (κ3) is 3.93. The summed E-state index contributed by atoms with van der Waals surface area (Å²) in [6, 6.07) is 17.7. The van der Waals surface area contributed by atoms with Crippen LogP contribution in [0.15, 0.2) is 58.3 Å². The van der Waals surface area contributed by atoms with Crippen LogP contribution in [-0.2, 0) is 0 Å². The molecule has 0 amide bonds. The first-order valence-corrected chi connectivity index (χ1v) is 10.5. The maximum atomic E-state index is 11.0. The summed E-state index contributed by atoms with van der Waals surface area (Å²) in [5, 5.41) is 11.0. The first-order valence-electron chi connectivity index (χ1n) is 9.68. The fourth-order valence-corrected chi connectivity index (χ4v) is 5.51. The highest BCUT2D eigenvalue weighted by atomic mass is 35.5. The van der Waals surface area contributed by atoms with Crippen LogP contribution in [0.1, 0.15) is 50.7 Å². The smallest absolute Gasteiger partial charge is 0.0720 e. The molecule has 0 aromatic heterocycles. The number of benzene rings is 2. The maximum Gasteiger partial charge on any atom is 0.0720 e. The number of hydrogen-bond acceptors (Lipinski definition) is 3. The van der Waals surface area contributed by atoms with Gasteiger partial charge in [0.05, 0.1) is 5.60 Å². The van der Waals surface area contributed by atoms with E-state index in [-0.39, 0.29) is 17.8 Å². The van der Waals surface area contributed by atoms with Crippen molar-refractivity contribution in [3.05, 3.63) is 59.7 Å². The van der Waals surface area contributed by atoms with Crippen LogP contribution in [0.4, 0.5) is 0 Å². The van der Waals surface area contributed by atoms with Gasteiger partial charge in [0, 0.05) is 35.3 Å². The van der Waals surface area contributed by atoms with Gasteiger partial charge < -0.3 is 10.0 Å². The minimum absolute atomic E-state index is 0. The number of nitrogens with zero attached hydrogens (tertiary/aromatic N) is 1. The fourth-order valence-electron chi connectivity index (χ4n) is 4.32. The van der Waals surface area contributed by atoms with Gasteiger partial charge in [-0.05, 0) is 41.5 Å². The molecule has 146 valence electrons. The van der Waals surface area contributed by atoms with Crippen LogP contribution < -0.4 is 0 Å². The summed E-state index contributed by atoms with van der Waals surface area (Å²) in [4.78, 5) is 5.33. The van der Waals surface area contributed by atoms with E-state index in [1.54, 1.807) is 0 Å². The normalized spacial score (nSPS) is 19.7. The zero-order valence-electron chi connectivity index (χ0n) is 16.4. The second kappa shape index (κ2) is 7.79. The van der Waals surface area contributed by atoms with Crippen molar-refractivity contribution in [2.75, 3.05) is 19.6 Å². The summed E-state index contributed by atoms with van der Waals surface area (Å²) in [5.41, 5.74) is 2.31. The first-order chi connectivity index (χ1) is 12.4. The number of piperidine rings is 1. The summed E-state index contributed by atoms with van der Waals surface area (Å²) >= 11 is 1.89. The predicted octanol–water partition coefficient (Wildman–Crippen LogP) is 5.58. The second-order valence-electron chi connectivity index (χ2n) is 8.81. The van der Waals surface area contributed by atoms with Crippen molar-refractivity contribution in [1.29, 1.82) is 0 Å². The van der Waals surface area contributed by atoms with Gasteiger partial charge >= 0.3 is 0 Å². The molecule has 0 atom stereocenters. The molecule has 2 nitrogen and oxygen atoms in total. The first kappa shape index (κ1) is 20.7. The summed E-state index contributed by atoms with van der Waals surface area (Å²) in [6.45, 7) is 9.47. The average Bonchev–Trinajstić information content (AvgIpc) is 2.62. The molecule has 4 heteroatoms. The van der Waals surface area contributed by atoms with Gasteiger partial charge in [0.2, 0.25) is 0 Å². The monoisotopic (exact) mass is 403 g/mol. The fraction of sp³-hybridized carbons (Fsp3) is 0.478. The molecule has 1 fully saturated rings. The van der Waals surface area contributed by atoms with Crippen molar-refractivity contribution in [3.63, 3.8) is 0 Å². The molecule has 2 aliphatic rings. The van der Waals surface area contributed by atoms with E-state index in [4.69, 9.17) is 0 Å². The Hall–Kier alpha value is -1.00. The van der Waals surface area contributed by atoms with E-state index in [1.165, 1.54) is 20.9 Å². The molecule has 1 saturated heterocycles. The molecular weight excluding hydrogens is 374 g/mol. The summed E-state index contributed by atoms with van der Waals surface area (Å²) in [7, 11) is 0. The van der Waals surface area contributed by atoms with E-state index in [1.807, 2.05) is 11.8 Å². The van der Waals surface area contributed by atoms with E-state index in [2.05, 4.69) is 74.2 Å². The SMILES string of the molecule is CC(C)(C)C1(O)CCN(CC2c3ccccc3Sc3ccccc32)CC1.Cl. The van der Waals surface area contributed by atoms with Crippen LogP contribution in [0.25, 0.3) is 0 Å². The van der Waals surface area contributed by atoms with Crippen LogP contribution in [0.2, 0.25) is 0 Å². The molecule has 0 bridgehead atoms. The zero-order valence-corrected chi connectivity index (χ0v) is 18.1. The van der Waals surface area contributed by atoms with E-state index in [9.17, 15) is 5.11 Å². The zero-order chi connectivity index (χ0) is 18.4. The average molecular weight is 404 g/mol. The highest BCUT2D eigenvalue weighted by Gasteiger charge is 2.42. The summed E-state index contributed by atoms with van der Waals surface area (Å²) in [6.07, 6.45) is 1.72. The van der Waals surface area contributed by atoms with Gasteiger partial charge in [0.25, 0.3) is 0 Å². The largest absolute Gasteiger partial charge is 0.389 e. The Morgan fingerprint density at radius 1 is 0.963 bits per heavy atom. The van der Waals surface area contributed by atoms with E-state index in [0.29, 0.717) is 5.92 Å². The summed E-state index contributed by atoms with van der Waals surface area (Å²) in [5.74, 6) is 0.421. The van der Waals surface area contributed by atoms with E-state index in [0.717, 1.165) is 32.5 Å². The van der Waals surface area contributed by atoms with Crippen molar-refractivity contribution in [1.82, 2.24) is 4.90 Å². The molecule has 2 aliphatic heterocycles. The second-order valence-corrected chi connectivity index (χ2v) is 9.90. The standard InChI is InChI=1S/C23H29NOS.ClH/c1-22(2,3)23(25)12-14-24(15-13-23)16-19-17-8-4-6-10-20(17)26-21-11-7-5-9-18(19)21;/h4-11,19,25H,12-16H2,1-3H3;1H. The van der Waals surface area contributed by atoms with Crippen LogP contribution in [-0.4, -0.2) is 35.2 Å². The Kier molecular flexibility index (Phi) is 5.98. The number of aliphatic hydroxyl groups is 1. The van der Waals surface area contributed by atoms with Crippen molar-refractivity contribution >= 4 is 24.2 Å². The summed E-state index contributed by atoms with van der Waals surface area (Å²) < 4.78 is 0. The number of hydrogen-bond donors (Lipinski definition) is 1. The van der Waals surface area contributed by atoms with Crippen molar-refractivity contribution in [2.45, 2.75) is 54.9 Å². The molecule has 0 aliphatic carbocycles. The Labute approximate surface area is 173 Å². The lowest BCUT2D eigenvalue weighted by Gasteiger charge is -2.47. The number of rotatable bonds is 2. The molecule has 27 heavy (non-hydrogen) atoms. The molecule has 2 heterocycles. The third-order valence-electron chi connectivity index (χ3n) is 6.33. The maximum absolute atomic E-state index is 11.0. The van der Waals surface area contributed by atoms with Crippen LogP contribution in [0, 0.1) is 5.41 Å². The molecule has 2 aromatic rings. The van der Waals surface area contributed by atoms with Gasteiger partial charge in [-0.1, -0.05) is 68.9 Å². The highest BCUT2D eigenvalue weighted by molar-refractivity contribution is 7.99.